The molecular weight excluding hydrogens is 330 g/mol. The maximum absolute atomic E-state index is 12.7. The molecule has 0 spiro atoms. The van der Waals surface area contributed by atoms with Crippen molar-refractivity contribution in [3.63, 3.8) is 0 Å². The van der Waals surface area contributed by atoms with Crippen molar-refractivity contribution in [3.05, 3.63) is 66.0 Å². The Hall–Kier alpha value is -2.27. The second-order valence-corrected chi connectivity index (χ2v) is 7.07. The van der Waals surface area contributed by atoms with Gasteiger partial charge in [0.1, 0.15) is 0 Å². The Morgan fingerprint density at radius 3 is 2.76 bits per heavy atom. The number of benzene rings is 1. The van der Waals surface area contributed by atoms with Crippen LogP contribution in [0.2, 0.25) is 0 Å². The first-order valence-electron chi connectivity index (χ1n) is 8.55. The summed E-state index contributed by atoms with van der Waals surface area (Å²) < 4.78 is 2.02. The molecular formula is C20H23N3OS. The Kier molecular flexibility index (Phi) is 5.76. The van der Waals surface area contributed by atoms with Gasteiger partial charge in [-0.1, -0.05) is 54.6 Å². The van der Waals surface area contributed by atoms with Crippen LogP contribution in [0.3, 0.4) is 0 Å². The number of aryl methyl sites for hydroxylation is 1. The first-order chi connectivity index (χ1) is 12.2. The van der Waals surface area contributed by atoms with Crippen molar-refractivity contribution in [3.8, 4) is 0 Å². The van der Waals surface area contributed by atoms with Gasteiger partial charge in [0.15, 0.2) is 5.16 Å². The van der Waals surface area contributed by atoms with Crippen LogP contribution in [-0.2, 0) is 11.3 Å². The fourth-order valence-electron chi connectivity index (χ4n) is 2.72. The van der Waals surface area contributed by atoms with Crippen LogP contribution in [0, 0.1) is 6.92 Å². The molecule has 0 bridgehead atoms. The Labute approximate surface area is 152 Å². The van der Waals surface area contributed by atoms with E-state index in [2.05, 4.69) is 43.1 Å². The predicted octanol–water partition coefficient (Wildman–Crippen LogP) is 4.17. The summed E-state index contributed by atoms with van der Waals surface area (Å²) in [5.74, 6) is 0.556. The van der Waals surface area contributed by atoms with Gasteiger partial charge in [0, 0.05) is 19.3 Å². The molecule has 0 N–H and O–H groups in total. The highest BCUT2D eigenvalue weighted by Crippen LogP contribution is 2.19. The van der Waals surface area contributed by atoms with Crippen LogP contribution in [0.25, 0.3) is 5.52 Å². The maximum atomic E-state index is 12.7. The Morgan fingerprint density at radius 2 is 2.00 bits per heavy atom. The lowest BCUT2D eigenvalue weighted by atomic mass is 10.1. The molecule has 2 heterocycles. The zero-order valence-corrected chi connectivity index (χ0v) is 15.5. The molecule has 25 heavy (non-hydrogen) atoms. The summed E-state index contributed by atoms with van der Waals surface area (Å²) >= 11 is 1.49. The molecule has 0 unspecified atom stereocenters. The molecule has 2 aromatic heterocycles. The van der Waals surface area contributed by atoms with Gasteiger partial charge in [0.05, 0.1) is 17.5 Å². The van der Waals surface area contributed by atoms with Gasteiger partial charge in [-0.05, 0) is 31.0 Å². The van der Waals surface area contributed by atoms with Crippen LogP contribution >= 0.6 is 11.8 Å². The van der Waals surface area contributed by atoms with Gasteiger partial charge >= 0.3 is 0 Å². The number of carbonyl (C=O) groups is 1. The highest BCUT2D eigenvalue weighted by Gasteiger charge is 2.15. The topological polar surface area (TPSA) is 37.6 Å². The van der Waals surface area contributed by atoms with Crippen LogP contribution in [0.15, 0.2) is 60.0 Å². The minimum absolute atomic E-state index is 0.153. The zero-order valence-electron chi connectivity index (χ0n) is 14.7. The van der Waals surface area contributed by atoms with Gasteiger partial charge in [-0.15, -0.1) is 0 Å². The lowest BCUT2D eigenvalue weighted by Crippen LogP contribution is -2.32. The van der Waals surface area contributed by atoms with E-state index in [0.29, 0.717) is 12.3 Å². The number of hydrogen-bond acceptors (Lipinski definition) is 3. The third-order valence-electron chi connectivity index (χ3n) is 4.07. The van der Waals surface area contributed by atoms with Gasteiger partial charge in [-0.25, -0.2) is 4.98 Å². The van der Waals surface area contributed by atoms with Crippen molar-refractivity contribution in [2.24, 2.45) is 0 Å². The van der Waals surface area contributed by atoms with Crippen molar-refractivity contribution < 1.29 is 4.79 Å². The minimum atomic E-state index is 0.153. The van der Waals surface area contributed by atoms with Crippen LogP contribution in [0.5, 0.6) is 0 Å². The molecule has 3 rings (SSSR count). The van der Waals surface area contributed by atoms with E-state index in [1.54, 1.807) is 0 Å². The van der Waals surface area contributed by atoms with Crippen molar-refractivity contribution >= 4 is 23.2 Å². The zero-order chi connectivity index (χ0) is 17.6. The summed E-state index contributed by atoms with van der Waals surface area (Å²) in [6.07, 6.45) is 4.77. The third kappa shape index (κ3) is 4.42. The van der Waals surface area contributed by atoms with Crippen molar-refractivity contribution in [1.82, 2.24) is 14.3 Å². The fourth-order valence-corrected chi connectivity index (χ4v) is 3.59. The predicted molar refractivity (Wildman–Crippen MR) is 103 cm³/mol. The average Bonchev–Trinajstić information content (AvgIpc) is 3.04. The fraction of sp³-hybridized carbons (Fsp3) is 0.300. The summed E-state index contributed by atoms with van der Waals surface area (Å²) in [7, 11) is 0. The van der Waals surface area contributed by atoms with E-state index < -0.39 is 0 Å². The summed E-state index contributed by atoms with van der Waals surface area (Å²) in [5.41, 5.74) is 3.45. The van der Waals surface area contributed by atoms with Gasteiger partial charge in [-0.3, -0.25) is 9.20 Å². The first-order valence-corrected chi connectivity index (χ1v) is 9.54. The molecule has 3 aromatic rings. The maximum Gasteiger partial charge on any atom is 0.233 e. The van der Waals surface area contributed by atoms with Crippen LogP contribution in [0.4, 0.5) is 0 Å². The number of carbonyl (C=O) groups excluding carboxylic acids is 1. The number of nitrogens with zero attached hydrogens (tertiary/aromatic N) is 3. The molecule has 0 saturated heterocycles. The van der Waals surface area contributed by atoms with Crippen molar-refractivity contribution in [2.45, 2.75) is 32.0 Å². The van der Waals surface area contributed by atoms with Crippen molar-refractivity contribution in [2.75, 3.05) is 12.3 Å². The Balaban J connectivity index is 1.65. The third-order valence-corrected chi connectivity index (χ3v) is 5.02. The number of thioether (sulfide) groups is 1. The number of rotatable bonds is 7. The second kappa shape index (κ2) is 8.21. The molecule has 0 aliphatic carbocycles. The summed E-state index contributed by atoms with van der Waals surface area (Å²) in [4.78, 5) is 19.1. The summed E-state index contributed by atoms with van der Waals surface area (Å²) in [6.45, 7) is 5.61. The SMILES string of the molecule is CCCN(Cc1ccc(C)cc1)C(=O)CSc1ncc2ccccn12. The van der Waals surface area contributed by atoms with E-state index >= 15 is 0 Å². The van der Waals surface area contributed by atoms with Gasteiger partial charge in [-0.2, -0.15) is 0 Å². The molecule has 1 aromatic carbocycles. The summed E-state index contributed by atoms with van der Waals surface area (Å²) in [5, 5.41) is 0.857. The van der Waals surface area contributed by atoms with Crippen LogP contribution in [-0.4, -0.2) is 32.5 Å². The molecule has 5 heteroatoms. The molecule has 130 valence electrons. The van der Waals surface area contributed by atoms with E-state index in [1.807, 2.05) is 39.9 Å². The molecule has 0 radical (unpaired) electrons. The Bertz CT molecular complexity index is 842. The van der Waals surface area contributed by atoms with E-state index in [-0.39, 0.29) is 5.91 Å². The average molecular weight is 353 g/mol. The number of pyridine rings is 1. The smallest absolute Gasteiger partial charge is 0.233 e. The van der Waals surface area contributed by atoms with Gasteiger partial charge in [0.2, 0.25) is 5.91 Å². The lowest BCUT2D eigenvalue weighted by Gasteiger charge is -2.22. The van der Waals surface area contributed by atoms with E-state index in [1.165, 1.54) is 22.9 Å². The van der Waals surface area contributed by atoms with Crippen molar-refractivity contribution in [1.29, 1.82) is 0 Å². The normalized spacial score (nSPS) is 11.0. The first kappa shape index (κ1) is 17.5. The highest BCUT2D eigenvalue weighted by atomic mass is 32.2. The molecule has 1 amide bonds. The largest absolute Gasteiger partial charge is 0.338 e. The van der Waals surface area contributed by atoms with Gasteiger partial charge in [0.25, 0.3) is 0 Å². The number of hydrogen-bond donors (Lipinski definition) is 0. The number of aromatic nitrogens is 2. The quantitative estimate of drug-likeness (QED) is 0.598. The summed E-state index contributed by atoms with van der Waals surface area (Å²) in [6, 6.07) is 14.4. The molecule has 4 nitrogen and oxygen atoms in total. The number of fused-ring (bicyclic) bond motifs is 1. The van der Waals surface area contributed by atoms with E-state index in [4.69, 9.17) is 0 Å². The van der Waals surface area contributed by atoms with E-state index in [9.17, 15) is 4.79 Å². The number of imidazole rings is 1. The molecule has 0 aliphatic rings. The standard InChI is InChI=1S/C20H23N3OS/c1-3-11-22(14-17-9-7-16(2)8-10-17)19(24)15-25-20-21-13-18-6-4-5-12-23(18)20/h4-10,12-13H,3,11,14-15H2,1-2H3. The molecule has 0 saturated carbocycles. The molecule has 0 aliphatic heterocycles. The van der Waals surface area contributed by atoms with Crippen LogP contribution < -0.4 is 0 Å². The van der Waals surface area contributed by atoms with E-state index in [0.717, 1.165) is 23.6 Å². The second-order valence-electron chi connectivity index (χ2n) is 6.13. The van der Waals surface area contributed by atoms with Gasteiger partial charge < -0.3 is 4.90 Å². The lowest BCUT2D eigenvalue weighted by molar-refractivity contribution is -0.129. The van der Waals surface area contributed by atoms with Crippen LogP contribution in [0.1, 0.15) is 24.5 Å². The highest BCUT2D eigenvalue weighted by molar-refractivity contribution is 7.99. The molecule has 0 atom stereocenters. The monoisotopic (exact) mass is 353 g/mol. The molecule has 0 fully saturated rings. The Morgan fingerprint density at radius 1 is 1.20 bits per heavy atom. The minimum Gasteiger partial charge on any atom is -0.338 e. The number of amides is 1.